The summed E-state index contributed by atoms with van der Waals surface area (Å²) in [5, 5.41) is 3.39. The maximum absolute atomic E-state index is 14.7. The van der Waals surface area contributed by atoms with Crippen LogP contribution in [0.4, 0.5) is 4.39 Å². The van der Waals surface area contributed by atoms with Crippen LogP contribution in [-0.4, -0.2) is 27.3 Å². The number of aromatic nitrogens is 1. The molecule has 1 aliphatic carbocycles. The largest absolute Gasteiger partial charge is 0.351 e. The standard InChI is InChI=1S/C32H34FN3O2S/c1-2-26-18-27-29(39-26)19-28-30(37)36(20-22-11-10-14-24(33)17-22)32(21-35(27)28,23-12-6-5-7-13-23)31(38)34-25-15-8-3-4-9-16-25/h5-7,10-14,17-19,25H,2-4,8-9,15-16,20-21H2,1H3,(H,34,38)/t32-/m0/s1. The second kappa shape index (κ2) is 10.6. The van der Waals surface area contributed by atoms with Crippen molar-refractivity contribution in [1.82, 2.24) is 14.8 Å². The Labute approximate surface area is 232 Å². The fraction of sp³-hybridized carbons (Fsp3) is 0.375. The first-order valence-electron chi connectivity index (χ1n) is 14.0. The molecule has 1 atom stereocenters. The summed E-state index contributed by atoms with van der Waals surface area (Å²) in [6.07, 6.45) is 7.35. The van der Waals surface area contributed by atoms with Crippen LogP contribution in [0.1, 0.15) is 71.9 Å². The van der Waals surface area contributed by atoms with E-state index in [1.165, 1.54) is 29.9 Å². The van der Waals surface area contributed by atoms with Crippen LogP contribution < -0.4 is 5.32 Å². The summed E-state index contributed by atoms with van der Waals surface area (Å²) < 4.78 is 17.3. The summed E-state index contributed by atoms with van der Waals surface area (Å²) in [4.78, 5) is 32.0. The van der Waals surface area contributed by atoms with Crippen molar-refractivity contribution in [3.8, 4) is 0 Å². The van der Waals surface area contributed by atoms with Gasteiger partial charge in [-0.2, -0.15) is 0 Å². The van der Waals surface area contributed by atoms with E-state index >= 15 is 0 Å². The SMILES string of the molecule is CCc1cc2c(cc3n2C[C@@](C(=O)NC2CCCCCC2)(c2ccccc2)N(Cc2cccc(F)c2)C3=O)s1. The van der Waals surface area contributed by atoms with Crippen LogP contribution in [0.5, 0.6) is 0 Å². The highest BCUT2D eigenvalue weighted by Crippen LogP contribution is 2.42. The fourth-order valence-electron chi connectivity index (χ4n) is 6.28. The number of carbonyl (C=O) groups excluding carboxylic acids is 2. The Kier molecular flexibility index (Phi) is 7.02. The van der Waals surface area contributed by atoms with Gasteiger partial charge in [0.15, 0.2) is 5.54 Å². The number of nitrogens with zero attached hydrogens (tertiary/aromatic N) is 2. The molecule has 4 aromatic rings. The maximum atomic E-state index is 14.7. The van der Waals surface area contributed by atoms with Crippen molar-refractivity contribution in [3.63, 3.8) is 0 Å². The van der Waals surface area contributed by atoms with Crippen LogP contribution in [0.2, 0.25) is 0 Å². The van der Waals surface area contributed by atoms with Crippen LogP contribution in [0.3, 0.4) is 0 Å². The summed E-state index contributed by atoms with van der Waals surface area (Å²) in [6.45, 7) is 2.56. The molecule has 1 saturated carbocycles. The lowest BCUT2D eigenvalue weighted by Gasteiger charge is -2.47. The lowest BCUT2D eigenvalue weighted by atomic mass is 9.83. The smallest absolute Gasteiger partial charge is 0.272 e. The first-order chi connectivity index (χ1) is 19.0. The number of hydrogen-bond acceptors (Lipinski definition) is 3. The van der Waals surface area contributed by atoms with Crippen molar-refractivity contribution in [2.45, 2.75) is 76.5 Å². The molecular weight excluding hydrogens is 509 g/mol. The first-order valence-corrected chi connectivity index (χ1v) is 14.9. The molecule has 2 aromatic heterocycles. The molecule has 0 unspecified atom stereocenters. The first kappa shape index (κ1) is 25.8. The Morgan fingerprint density at radius 3 is 2.51 bits per heavy atom. The predicted molar refractivity (Wildman–Crippen MR) is 153 cm³/mol. The molecule has 1 N–H and O–H groups in total. The maximum Gasteiger partial charge on any atom is 0.272 e. The zero-order chi connectivity index (χ0) is 27.0. The number of benzene rings is 2. The predicted octanol–water partition coefficient (Wildman–Crippen LogP) is 6.79. The van der Waals surface area contributed by atoms with Crippen LogP contribution in [0.25, 0.3) is 10.2 Å². The van der Waals surface area contributed by atoms with E-state index in [-0.39, 0.29) is 30.2 Å². The Hall–Kier alpha value is -3.45. The third kappa shape index (κ3) is 4.67. The second-order valence-electron chi connectivity index (χ2n) is 10.8. The molecule has 0 radical (unpaired) electrons. The number of rotatable bonds is 6. The molecule has 5 nitrogen and oxygen atoms in total. The van der Waals surface area contributed by atoms with Crippen molar-refractivity contribution in [3.05, 3.63) is 94.2 Å². The van der Waals surface area contributed by atoms with Gasteiger partial charge in [0.25, 0.3) is 11.8 Å². The highest BCUT2D eigenvalue weighted by Gasteiger charge is 2.53. The average molecular weight is 544 g/mol. The van der Waals surface area contributed by atoms with Gasteiger partial charge < -0.3 is 14.8 Å². The van der Waals surface area contributed by atoms with Gasteiger partial charge in [0.05, 0.1) is 16.8 Å². The Bertz CT molecular complexity index is 1500. The Morgan fingerprint density at radius 2 is 1.79 bits per heavy atom. The van der Waals surface area contributed by atoms with Gasteiger partial charge in [-0.05, 0) is 54.7 Å². The van der Waals surface area contributed by atoms with Gasteiger partial charge in [-0.15, -0.1) is 11.3 Å². The second-order valence-corrected chi connectivity index (χ2v) is 12.0. The third-order valence-electron chi connectivity index (χ3n) is 8.35. The summed E-state index contributed by atoms with van der Waals surface area (Å²) in [6, 6.07) is 20.1. The van der Waals surface area contributed by atoms with Gasteiger partial charge in [0.2, 0.25) is 0 Å². The number of amides is 2. The van der Waals surface area contributed by atoms with E-state index < -0.39 is 5.54 Å². The number of carbonyl (C=O) groups is 2. The van der Waals surface area contributed by atoms with Gasteiger partial charge in [-0.3, -0.25) is 9.59 Å². The molecule has 0 spiro atoms. The normalized spacial score (nSPS) is 20.2. The molecule has 202 valence electrons. The molecule has 39 heavy (non-hydrogen) atoms. The number of fused-ring (bicyclic) bond motifs is 3. The van der Waals surface area contributed by atoms with Gasteiger partial charge in [0, 0.05) is 17.5 Å². The minimum atomic E-state index is -1.29. The number of aryl methyl sites for hydroxylation is 1. The molecule has 0 bridgehead atoms. The molecule has 2 amide bonds. The summed E-state index contributed by atoms with van der Waals surface area (Å²) in [7, 11) is 0. The van der Waals surface area contributed by atoms with Crippen molar-refractivity contribution >= 4 is 33.4 Å². The zero-order valence-electron chi connectivity index (χ0n) is 22.3. The van der Waals surface area contributed by atoms with Crippen molar-refractivity contribution in [1.29, 1.82) is 0 Å². The quantitative estimate of drug-likeness (QED) is 0.272. The van der Waals surface area contributed by atoms with E-state index in [2.05, 4.69) is 18.3 Å². The van der Waals surface area contributed by atoms with Crippen molar-refractivity contribution in [2.24, 2.45) is 0 Å². The summed E-state index contributed by atoms with van der Waals surface area (Å²) in [5.74, 6) is -0.739. The molecule has 7 heteroatoms. The number of thiophene rings is 1. The summed E-state index contributed by atoms with van der Waals surface area (Å²) in [5.41, 5.74) is 1.70. The molecule has 2 aliphatic rings. The number of hydrogen-bond donors (Lipinski definition) is 1. The van der Waals surface area contributed by atoms with Crippen molar-refractivity contribution < 1.29 is 14.0 Å². The minimum Gasteiger partial charge on any atom is -0.351 e. The van der Waals surface area contributed by atoms with E-state index in [1.54, 1.807) is 22.3 Å². The Morgan fingerprint density at radius 1 is 1.03 bits per heavy atom. The van der Waals surface area contributed by atoms with E-state index in [4.69, 9.17) is 0 Å². The lowest BCUT2D eigenvalue weighted by Crippen LogP contribution is -2.63. The fourth-order valence-corrected chi connectivity index (χ4v) is 7.32. The van der Waals surface area contributed by atoms with Gasteiger partial charge in [-0.25, -0.2) is 4.39 Å². The molecule has 6 rings (SSSR count). The van der Waals surface area contributed by atoms with Gasteiger partial charge in [-0.1, -0.05) is 75.1 Å². The van der Waals surface area contributed by atoms with Crippen LogP contribution in [0, 0.1) is 5.82 Å². The van der Waals surface area contributed by atoms with Crippen molar-refractivity contribution in [2.75, 3.05) is 0 Å². The molecule has 1 fully saturated rings. The van der Waals surface area contributed by atoms with E-state index in [0.717, 1.165) is 47.9 Å². The van der Waals surface area contributed by atoms with Gasteiger partial charge in [0.1, 0.15) is 11.5 Å². The Balaban J connectivity index is 1.52. The molecule has 1 aliphatic heterocycles. The van der Waals surface area contributed by atoms with E-state index in [9.17, 15) is 14.0 Å². The molecular formula is C32H34FN3O2S. The van der Waals surface area contributed by atoms with Gasteiger partial charge >= 0.3 is 0 Å². The van der Waals surface area contributed by atoms with E-state index in [1.807, 2.05) is 47.0 Å². The highest BCUT2D eigenvalue weighted by molar-refractivity contribution is 7.19. The lowest BCUT2D eigenvalue weighted by molar-refractivity contribution is -0.136. The third-order valence-corrected chi connectivity index (χ3v) is 9.56. The molecule has 2 aromatic carbocycles. The van der Waals surface area contributed by atoms with Crippen LogP contribution in [-0.2, 0) is 29.8 Å². The number of nitrogens with one attached hydrogen (secondary N) is 1. The molecule has 0 saturated heterocycles. The summed E-state index contributed by atoms with van der Waals surface area (Å²) >= 11 is 1.69. The van der Waals surface area contributed by atoms with E-state index in [0.29, 0.717) is 17.8 Å². The topological polar surface area (TPSA) is 54.3 Å². The zero-order valence-corrected chi connectivity index (χ0v) is 23.1. The monoisotopic (exact) mass is 543 g/mol. The van der Waals surface area contributed by atoms with Crippen LogP contribution >= 0.6 is 11.3 Å². The molecule has 3 heterocycles. The number of halogens is 1. The average Bonchev–Trinajstić information content (AvgIpc) is 3.39. The van der Waals surface area contributed by atoms with Crippen LogP contribution in [0.15, 0.2) is 66.7 Å². The minimum absolute atomic E-state index is 0.0747. The highest BCUT2D eigenvalue weighted by atomic mass is 32.1.